The van der Waals surface area contributed by atoms with Crippen molar-refractivity contribution in [1.82, 2.24) is 10.4 Å². The number of amides is 3. The fourth-order valence-corrected chi connectivity index (χ4v) is 4.80. The predicted octanol–water partition coefficient (Wildman–Crippen LogP) is 2.22. The maximum atomic E-state index is 12.6. The van der Waals surface area contributed by atoms with Crippen LogP contribution in [-0.2, 0) is 20.8 Å². The number of carbonyl (C=O) groups excluding carboxylic acids is 3. The minimum Gasteiger partial charge on any atom is -0.273 e. The molecule has 1 aliphatic heterocycles. The second kappa shape index (κ2) is 5.53. The van der Waals surface area contributed by atoms with E-state index in [-0.39, 0.29) is 47.8 Å². The highest BCUT2D eigenvalue weighted by Crippen LogP contribution is 2.52. The number of nitrogens with zero attached hydrogens (tertiary/aromatic N) is 1. The average molecular weight is 346 g/mol. The molecule has 2 fully saturated rings. The van der Waals surface area contributed by atoms with Crippen molar-refractivity contribution >= 4 is 28.5 Å². The van der Waals surface area contributed by atoms with Crippen LogP contribution in [0.4, 0.5) is 0 Å². The highest BCUT2D eigenvalue weighted by molar-refractivity contribution is 6.07. The zero-order valence-corrected chi connectivity index (χ0v) is 14.1. The summed E-state index contributed by atoms with van der Waals surface area (Å²) in [6, 6.07) is 13.6. The van der Waals surface area contributed by atoms with E-state index in [1.54, 1.807) is 0 Å². The highest BCUT2D eigenvalue weighted by atomic mass is 16.2. The third-order valence-corrected chi connectivity index (χ3v) is 5.94. The van der Waals surface area contributed by atoms with Gasteiger partial charge in [-0.3, -0.25) is 19.8 Å². The van der Waals surface area contributed by atoms with Crippen molar-refractivity contribution in [2.45, 2.75) is 12.8 Å². The Morgan fingerprint density at radius 2 is 1.62 bits per heavy atom. The Labute approximate surface area is 150 Å². The van der Waals surface area contributed by atoms with Gasteiger partial charge in [-0.25, -0.2) is 0 Å². The molecule has 0 spiro atoms. The highest BCUT2D eigenvalue weighted by Gasteiger charge is 2.59. The molecule has 0 aromatic heterocycles. The van der Waals surface area contributed by atoms with Crippen LogP contribution in [0.15, 0.2) is 54.6 Å². The standard InChI is InChI=1S/C21H18N2O3/c24-17(11-13-6-3-5-12-4-1-2-7-16(12)13)22-23-20(25)18-14-8-9-15(10-14)19(18)21(23)26/h1-9,14-15,18-19H,10-11H2,(H,22,24)/t14-,15+,18-,19+. The molecule has 5 heteroatoms. The average Bonchev–Trinajstić information content (AvgIpc) is 3.32. The normalized spacial score (nSPS) is 28.8. The van der Waals surface area contributed by atoms with Crippen LogP contribution in [-0.4, -0.2) is 22.7 Å². The van der Waals surface area contributed by atoms with Crippen LogP contribution < -0.4 is 5.43 Å². The van der Waals surface area contributed by atoms with Crippen LogP contribution in [0.3, 0.4) is 0 Å². The number of nitrogens with one attached hydrogen (secondary N) is 1. The summed E-state index contributed by atoms with van der Waals surface area (Å²) in [5.74, 6) is -1.18. The lowest BCUT2D eigenvalue weighted by atomic mass is 9.85. The fourth-order valence-electron chi connectivity index (χ4n) is 4.80. The van der Waals surface area contributed by atoms with Gasteiger partial charge in [0.2, 0.25) is 5.91 Å². The summed E-state index contributed by atoms with van der Waals surface area (Å²) in [5, 5.41) is 3.03. The molecule has 3 aliphatic rings. The summed E-state index contributed by atoms with van der Waals surface area (Å²) >= 11 is 0. The van der Waals surface area contributed by atoms with Crippen LogP contribution in [0.25, 0.3) is 10.8 Å². The van der Waals surface area contributed by atoms with Gasteiger partial charge in [-0.15, -0.1) is 0 Å². The molecular weight excluding hydrogens is 328 g/mol. The van der Waals surface area contributed by atoms with Crippen LogP contribution in [0, 0.1) is 23.7 Å². The Bertz CT molecular complexity index is 945. The molecule has 0 radical (unpaired) electrons. The molecule has 5 rings (SSSR count). The lowest BCUT2D eigenvalue weighted by molar-refractivity contribution is -0.149. The number of hydrogen-bond donors (Lipinski definition) is 1. The summed E-state index contributed by atoms with van der Waals surface area (Å²) in [4.78, 5) is 37.8. The minimum atomic E-state index is -0.344. The number of imide groups is 1. The maximum absolute atomic E-state index is 12.6. The molecule has 1 N–H and O–H groups in total. The van der Waals surface area contributed by atoms with E-state index in [4.69, 9.17) is 0 Å². The topological polar surface area (TPSA) is 66.5 Å². The Kier molecular flexibility index (Phi) is 3.26. The van der Waals surface area contributed by atoms with Gasteiger partial charge in [0.25, 0.3) is 11.8 Å². The van der Waals surface area contributed by atoms with Gasteiger partial charge in [-0.2, -0.15) is 5.01 Å². The van der Waals surface area contributed by atoms with Crippen molar-refractivity contribution in [1.29, 1.82) is 0 Å². The first-order valence-corrected chi connectivity index (χ1v) is 8.96. The molecule has 1 saturated carbocycles. The number of hydrazine groups is 1. The third-order valence-electron chi connectivity index (χ3n) is 5.94. The van der Waals surface area contributed by atoms with Crippen molar-refractivity contribution in [2.24, 2.45) is 23.7 Å². The monoisotopic (exact) mass is 346 g/mol. The third kappa shape index (κ3) is 2.13. The molecule has 1 heterocycles. The number of carbonyl (C=O) groups is 3. The van der Waals surface area contributed by atoms with Gasteiger partial charge in [0, 0.05) is 0 Å². The van der Waals surface area contributed by atoms with Gasteiger partial charge in [-0.1, -0.05) is 54.6 Å². The first-order chi connectivity index (χ1) is 12.6. The van der Waals surface area contributed by atoms with Gasteiger partial charge >= 0.3 is 0 Å². The number of rotatable bonds is 3. The fraction of sp³-hybridized carbons (Fsp3) is 0.286. The maximum Gasteiger partial charge on any atom is 0.252 e. The Morgan fingerprint density at radius 1 is 0.962 bits per heavy atom. The molecule has 2 aromatic rings. The summed E-state index contributed by atoms with van der Waals surface area (Å²) in [5.41, 5.74) is 3.43. The molecule has 3 amide bonds. The van der Waals surface area contributed by atoms with Crippen LogP contribution in [0.5, 0.6) is 0 Å². The summed E-state index contributed by atoms with van der Waals surface area (Å²) in [6.07, 6.45) is 5.08. The first-order valence-electron chi connectivity index (χ1n) is 8.96. The van der Waals surface area contributed by atoms with Crippen molar-refractivity contribution in [3.63, 3.8) is 0 Å². The van der Waals surface area contributed by atoms with Crippen LogP contribution in [0.2, 0.25) is 0 Å². The van der Waals surface area contributed by atoms with Gasteiger partial charge in [0.05, 0.1) is 18.3 Å². The quantitative estimate of drug-likeness (QED) is 0.684. The molecule has 130 valence electrons. The van der Waals surface area contributed by atoms with E-state index in [1.165, 1.54) is 0 Å². The van der Waals surface area contributed by atoms with E-state index in [1.807, 2.05) is 54.6 Å². The lowest BCUT2D eigenvalue weighted by Gasteiger charge is -2.18. The summed E-state index contributed by atoms with van der Waals surface area (Å²) in [7, 11) is 0. The van der Waals surface area contributed by atoms with Crippen molar-refractivity contribution in [3.05, 3.63) is 60.2 Å². The zero-order valence-electron chi connectivity index (χ0n) is 14.1. The minimum absolute atomic E-state index is 0.124. The van der Waals surface area contributed by atoms with Crippen molar-refractivity contribution < 1.29 is 14.4 Å². The van der Waals surface area contributed by atoms with Gasteiger partial charge in [0.1, 0.15) is 0 Å². The summed E-state index contributed by atoms with van der Waals surface area (Å²) in [6.45, 7) is 0. The van der Waals surface area contributed by atoms with E-state index in [0.29, 0.717) is 0 Å². The van der Waals surface area contributed by atoms with E-state index in [0.717, 1.165) is 27.8 Å². The van der Waals surface area contributed by atoms with Crippen LogP contribution in [0.1, 0.15) is 12.0 Å². The first kappa shape index (κ1) is 15.3. The largest absolute Gasteiger partial charge is 0.273 e. The predicted molar refractivity (Wildman–Crippen MR) is 95.4 cm³/mol. The van der Waals surface area contributed by atoms with E-state index < -0.39 is 0 Å². The molecule has 2 aliphatic carbocycles. The lowest BCUT2D eigenvalue weighted by Crippen LogP contribution is -2.47. The van der Waals surface area contributed by atoms with Gasteiger partial charge in [-0.05, 0) is 34.6 Å². The smallest absolute Gasteiger partial charge is 0.252 e. The molecule has 2 aromatic carbocycles. The van der Waals surface area contributed by atoms with E-state index in [9.17, 15) is 14.4 Å². The Morgan fingerprint density at radius 3 is 2.35 bits per heavy atom. The molecule has 0 unspecified atom stereocenters. The second-order valence-corrected chi connectivity index (χ2v) is 7.36. The molecule has 1 saturated heterocycles. The second-order valence-electron chi connectivity index (χ2n) is 7.36. The van der Waals surface area contributed by atoms with E-state index >= 15 is 0 Å². The molecular formula is C21H18N2O3. The van der Waals surface area contributed by atoms with Gasteiger partial charge < -0.3 is 0 Å². The Balaban J connectivity index is 1.35. The number of benzene rings is 2. The van der Waals surface area contributed by atoms with Crippen LogP contribution >= 0.6 is 0 Å². The molecule has 26 heavy (non-hydrogen) atoms. The van der Waals surface area contributed by atoms with E-state index in [2.05, 4.69) is 5.43 Å². The molecule has 2 bridgehead atoms. The van der Waals surface area contributed by atoms with Crippen molar-refractivity contribution in [3.8, 4) is 0 Å². The SMILES string of the molecule is O=C(Cc1cccc2ccccc12)NN1C(=O)[C@@H]2[C@H](C1=O)[C@@H]1C=C[C@H]2C1. The Hall–Kier alpha value is -2.95. The molecule has 4 atom stereocenters. The molecule has 5 nitrogen and oxygen atoms in total. The van der Waals surface area contributed by atoms with Gasteiger partial charge in [0.15, 0.2) is 0 Å². The summed E-state index contributed by atoms with van der Waals surface area (Å²) < 4.78 is 0. The number of fused-ring (bicyclic) bond motifs is 6. The zero-order chi connectivity index (χ0) is 17.8. The number of hydrogen-bond acceptors (Lipinski definition) is 3. The number of allylic oxidation sites excluding steroid dienone is 2. The van der Waals surface area contributed by atoms with Crippen molar-refractivity contribution in [2.75, 3.05) is 0 Å².